The van der Waals surface area contributed by atoms with Crippen molar-refractivity contribution in [3.8, 4) is 0 Å². The first kappa shape index (κ1) is 13.5. The molecule has 2 aromatic rings. The maximum atomic E-state index is 2.64. The minimum Gasteiger partial charge on any atom is -0.302 e. The highest BCUT2D eigenvalue weighted by Gasteiger charge is 2.46. The zero-order valence-corrected chi connectivity index (χ0v) is 13.5. The van der Waals surface area contributed by atoms with Gasteiger partial charge >= 0.3 is 0 Å². The van der Waals surface area contributed by atoms with E-state index in [1.807, 2.05) is 0 Å². The maximum absolute atomic E-state index is 2.64. The van der Waals surface area contributed by atoms with Crippen LogP contribution < -0.4 is 0 Å². The number of nitrogens with zero attached hydrogens (tertiary/aromatic N) is 2. The van der Waals surface area contributed by atoms with Crippen molar-refractivity contribution in [1.29, 1.82) is 0 Å². The molecule has 1 aromatic carbocycles. The van der Waals surface area contributed by atoms with Crippen molar-refractivity contribution in [3.05, 3.63) is 57.8 Å². The van der Waals surface area contributed by atoms with E-state index in [0.29, 0.717) is 12.0 Å². The summed E-state index contributed by atoms with van der Waals surface area (Å²) >= 11 is 1.80. The Labute approximate surface area is 131 Å². The Morgan fingerprint density at radius 2 is 1.95 bits per heavy atom. The molecule has 0 saturated carbocycles. The summed E-state index contributed by atoms with van der Waals surface area (Å²) in [4.78, 5) is 5.06. The summed E-state index contributed by atoms with van der Waals surface area (Å²) in [7, 11) is 4.46. The summed E-state index contributed by atoms with van der Waals surface area (Å²) in [6.07, 6.45) is 0. The molecule has 2 aliphatic rings. The van der Waals surface area contributed by atoms with Crippen molar-refractivity contribution in [2.24, 2.45) is 5.92 Å². The molecular weight excluding hydrogens is 276 g/mol. The van der Waals surface area contributed by atoms with Gasteiger partial charge in [0.05, 0.1) is 0 Å². The first-order valence-electron chi connectivity index (χ1n) is 7.72. The summed E-state index contributed by atoms with van der Waals surface area (Å²) in [5.74, 6) is 1.46. The van der Waals surface area contributed by atoms with Crippen molar-refractivity contribution in [2.75, 3.05) is 27.2 Å². The zero-order chi connectivity index (χ0) is 14.4. The van der Waals surface area contributed by atoms with Crippen LogP contribution in [-0.2, 0) is 6.54 Å². The van der Waals surface area contributed by atoms with Gasteiger partial charge in [-0.25, -0.2) is 0 Å². The van der Waals surface area contributed by atoms with Gasteiger partial charge < -0.3 is 4.90 Å². The van der Waals surface area contributed by atoms with Gasteiger partial charge in [-0.3, -0.25) is 4.90 Å². The lowest BCUT2D eigenvalue weighted by atomic mass is 9.94. The Hall–Kier alpha value is -1.16. The third-order valence-electron chi connectivity index (χ3n) is 5.10. The van der Waals surface area contributed by atoms with E-state index >= 15 is 0 Å². The molecule has 3 atom stereocenters. The van der Waals surface area contributed by atoms with Crippen LogP contribution in [0.4, 0.5) is 0 Å². The van der Waals surface area contributed by atoms with Gasteiger partial charge in [0.25, 0.3) is 0 Å². The van der Waals surface area contributed by atoms with Gasteiger partial charge in [-0.15, -0.1) is 0 Å². The van der Waals surface area contributed by atoms with E-state index in [4.69, 9.17) is 0 Å². The Morgan fingerprint density at radius 1 is 1.14 bits per heavy atom. The number of likely N-dealkylation sites (tertiary alicyclic amines) is 1. The van der Waals surface area contributed by atoms with Crippen LogP contribution in [0.2, 0.25) is 0 Å². The van der Waals surface area contributed by atoms with E-state index in [9.17, 15) is 0 Å². The molecule has 1 aliphatic heterocycles. The molecule has 3 heteroatoms. The van der Waals surface area contributed by atoms with Crippen LogP contribution in [0.15, 0.2) is 41.1 Å². The highest BCUT2D eigenvalue weighted by Crippen LogP contribution is 2.51. The Bertz CT molecular complexity index is 620. The van der Waals surface area contributed by atoms with Crippen molar-refractivity contribution in [3.63, 3.8) is 0 Å². The van der Waals surface area contributed by atoms with Gasteiger partial charge in [-0.2, -0.15) is 11.3 Å². The van der Waals surface area contributed by atoms with E-state index in [-0.39, 0.29) is 0 Å². The molecule has 2 heterocycles. The average Bonchev–Trinajstić information content (AvgIpc) is 3.14. The number of benzene rings is 1. The third-order valence-corrected chi connectivity index (χ3v) is 5.84. The summed E-state index contributed by atoms with van der Waals surface area (Å²) < 4.78 is 0. The molecule has 4 rings (SSSR count). The molecule has 0 radical (unpaired) electrons. The van der Waals surface area contributed by atoms with Crippen LogP contribution in [-0.4, -0.2) is 37.0 Å². The summed E-state index contributed by atoms with van der Waals surface area (Å²) in [5, 5.41) is 4.47. The maximum Gasteiger partial charge on any atom is 0.0391 e. The molecule has 21 heavy (non-hydrogen) atoms. The minimum atomic E-state index is 0.582. The lowest BCUT2D eigenvalue weighted by Crippen LogP contribution is -2.28. The fourth-order valence-electron chi connectivity index (χ4n) is 4.34. The molecule has 110 valence electrons. The number of thiophene rings is 1. The Kier molecular flexibility index (Phi) is 3.37. The van der Waals surface area contributed by atoms with E-state index in [0.717, 1.165) is 12.5 Å². The van der Waals surface area contributed by atoms with Crippen LogP contribution in [0.3, 0.4) is 0 Å². The number of fused-ring (bicyclic) bond motifs is 3. The van der Waals surface area contributed by atoms with Crippen LogP contribution >= 0.6 is 11.3 Å². The average molecular weight is 298 g/mol. The highest BCUT2D eigenvalue weighted by molar-refractivity contribution is 7.07. The molecule has 0 unspecified atom stereocenters. The fourth-order valence-corrected chi connectivity index (χ4v) is 5.00. The van der Waals surface area contributed by atoms with E-state index in [1.165, 1.54) is 18.7 Å². The second-order valence-electron chi connectivity index (χ2n) is 6.63. The highest BCUT2D eigenvalue weighted by atomic mass is 32.1. The summed E-state index contributed by atoms with van der Waals surface area (Å²) in [6.45, 7) is 3.54. The van der Waals surface area contributed by atoms with Crippen LogP contribution in [0.5, 0.6) is 0 Å². The largest absolute Gasteiger partial charge is 0.302 e. The molecule has 1 aromatic heterocycles. The lowest BCUT2D eigenvalue weighted by molar-refractivity contribution is 0.212. The Morgan fingerprint density at radius 3 is 2.67 bits per heavy atom. The van der Waals surface area contributed by atoms with E-state index in [1.54, 1.807) is 22.5 Å². The van der Waals surface area contributed by atoms with Crippen LogP contribution in [0.1, 0.15) is 28.7 Å². The van der Waals surface area contributed by atoms with E-state index in [2.05, 4.69) is 65.0 Å². The smallest absolute Gasteiger partial charge is 0.0391 e. The van der Waals surface area contributed by atoms with Crippen molar-refractivity contribution in [1.82, 2.24) is 9.80 Å². The molecule has 0 spiro atoms. The first-order valence-corrected chi connectivity index (χ1v) is 8.67. The number of hydrogen-bond acceptors (Lipinski definition) is 3. The Balaban J connectivity index is 1.61. The third kappa shape index (κ3) is 2.24. The molecule has 1 fully saturated rings. The monoisotopic (exact) mass is 298 g/mol. The fraction of sp³-hybridized carbons (Fsp3) is 0.444. The predicted octanol–water partition coefficient (Wildman–Crippen LogP) is 3.58. The SMILES string of the molecule is CN(C)[C@@H]1c2ccccc2[C@@H]2CN(Cc3ccsc3)C[C@@H]12. The first-order chi connectivity index (χ1) is 10.2. The predicted molar refractivity (Wildman–Crippen MR) is 88.7 cm³/mol. The number of rotatable bonds is 3. The van der Waals surface area contributed by atoms with Crippen molar-refractivity contribution < 1.29 is 0 Å². The van der Waals surface area contributed by atoms with Crippen LogP contribution in [0.25, 0.3) is 0 Å². The number of hydrogen-bond donors (Lipinski definition) is 0. The van der Waals surface area contributed by atoms with Crippen LogP contribution in [0, 0.1) is 5.92 Å². The molecule has 2 nitrogen and oxygen atoms in total. The zero-order valence-electron chi connectivity index (χ0n) is 12.7. The standard InChI is InChI=1S/C18H22N2S/c1-19(2)18-15-6-4-3-5-14(15)16-10-20(11-17(16)18)9-13-7-8-21-12-13/h3-8,12,16-18H,9-11H2,1-2H3/t16-,17+,18+/m0/s1. The molecule has 0 amide bonds. The quantitative estimate of drug-likeness (QED) is 0.854. The molecule has 0 N–H and O–H groups in total. The second-order valence-corrected chi connectivity index (χ2v) is 7.41. The van der Waals surface area contributed by atoms with Gasteiger partial charge in [-0.05, 0) is 53.5 Å². The van der Waals surface area contributed by atoms with Gasteiger partial charge in [0.2, 0.25) is 0 Å². The molecule has 1 saturated heterocycles. The van der Waals surface area contributed by atoms with Gasteiger partial charge in [0.1, 0.15) is 0 Å². The molecular formula is C18H22N2S. The van der Waals surface area contributed by atoms with Gasteiger partial charge in [0.15, 0.2) is 0 Å². The second kappa shape index (κ2) is 5.24. The topological polar surface area (TPSA) is 6.48 Å². The minimum absolute atomic E-state index is 0.582. The summed E-state index contributed by atoms with van der Waals surface area (Å²) in [5.41, 5.74) is 4.62. The molecule has 0 bridgehead atoms. The van der Waals surface area contributed by atoms with Crippen molar-refractivity contribution in [2.45, 2.75) is 18.5 Å². The summed E-state index contributed by atoms with van der Waals surface area (Å²) in [6, 6.07) is 11.9. The van der Waals surface area contributed by atoms with Gasteiger partial charge in [0, 0.05) is 31.6 Å². The lowest BCUT2D eigenvalue weighted by Gasteiger charge is -2.27. The normalized spacial score (nSPS) is 28.0. The van der Waals surface area contributed by atoms with E-state index < -0.39 is 0 Å². The van der Waals surface area contributed by atoms with Gasteiger partial charge in [-0.1, -0.05) is 24.3 Å². The molecule has 1 aliphatic carbocycles. The van der Waals surface area contributed by atoms with Crippen molar-refractivity contribution >= 4 is 11.3 Å².